The Bertz CT molecular complexity index is 242. The number of carbonyl (C=O) groups excluding carboxylic acids is 1. The molecule has 0 bridgehead atoms. The number of rotatable bonds is 4. The van der Waals surface area contributed by atoms with Gasteiger partial charge in [0.05, 0.1) is 13.7 Å². The van der Waals surface area contributed by atoms with E-state index in [0.29, 0.717) is 6.54 Å². The summed E-state index contributed by atoms with van der Waals surface area (Å²) in [5.74, 6) is 2.67. The lowest BCUT2D eigenvalue weighted by atomic mass is 9.91. The molecule has 92 valence electrons. The van der Waals surface area contributed by atoms with Crippen molar-refractivity contribution in [3.63, 3.8) is 0 Å². The number of nitrogens with one attached hydrogen (secondary N) is 1. The first-order valence-corrected chi connectivity index (χ1v) is 6.57. The summed E-state index contributed by atoms with van der Waals surface area (Å²) in [5.41, 5.74) is 0. The van der Waals surface area contributed by atoms with E-state index in [1.807, 2.05) is 0 Å². The van der Waals surface area contributed by atoms with E-state index < -0.39 is 0 Å². The molecule has 0 amide bonds. The molecule has 3 heteroatoms. The smallest absolute Gasteiger partial charge is 0.319 e. The van der Waals surface area contributed by atoms with Gasteiger partial charge in [-0.25, -0.2) is 0 Å². The van der Waals surface area contributed by atoms with Crippen LogP contribution in [0, 0.1) is 17.8 Å². The molecule has 2 fully saturated rings. The van der Waals surface area contributed by atoms with Crippen molar-refractivity contribution in [1.82, 2.24) is 5.32 Å². The molecule has 0 aliphatic heterocycles. The maximum absolute atomic E-state index is 11.0. The number of hydrogen-bond donors (Lipinski definition) is 1. The molecule has 2 rings (SSSR count). The number of ether oxygens (including phenoxy) is 1. The zero-order valence-corrected chi connectivity index (χ0v) is 10.2. The molecule has 2 aliphatic rings. The third-order valence-corrected chi connectivity index (χ3v) is 4.07. The highest BCUT2D eigenvalue weighted by Crippen LogP contribution is 2.48. The fraction of sp³-hybridized carbons (Fsp3) is 0.923. The minimum atomic E-state index is -0.157. The molecule has 1 N–H and O–H groups in total. The maximum Gasteiger partial charge on any atom is 0.319 e. The first-order chi connectivity index (χ1) is 7.79. The van der Waals surface area contributed by atoms with Crippen LogP contribution in [0.25, 0.3) is 0 Å². The standard InChI is InChI=1S/C13H23NO2/c1-16-13(15)9-14-8-10-4-2-3-5-11-7-12(11)6-10/h10-12,14H,2-9H2,1H3. The second kappa shape index (κ2) is 5.67. The normalized spacial score (nSPS) is 33.4. The van der Waals surface area contributed by atoms with E-state index in [2.05, 4.69) is 10.1 Å². The summed E-state index contributed by atoms with van der Waals surface area (Å²) in [6.45, 7) is 1.35. The average Bonchev–Trinajstić information content (AvgIpc) is 2.97. The Balaban J connectivity index is 1.65. The Morgan fingerprint density at radius 2 is 2.06 bits per heavy atom. The molecule has 2 aliphatic carbocycles. The number of fused-ring (bicyclic) bond motifs is 1. The van der Waals surface area contributed by atoms with Gasteiger partial charge >= 0.3 is 5.97 Å². The molecule has 0 aromatic rings. The van der Waals surface area contributed by atoms with Gasteiger partial charge in [0.15, 0.2) is 0 Å². The van der Waals surface area contributed by atoms with E-state index in [0.717, 1.165) is 24.3 Å². The Kier molecular flexibility index (Phi) is 4.22. The maximum atomic E-state index is 11.0. The molecule has 0 aromatic carbocycles. The molecule has 0 spiro atoms. The van der Waals surface area contributed by atoms with Crippen molar-refractivity contribution in [3.05, 3.63) is 0 Å². The van der Waals surface area contributed by atoms with Crippen molar-refractivity contribution in [3.8, 4) is 0 Å². The van der Waals surface area contributed by atoms with E-state index >= 15 is 0 Å². The first-order valence-electron chi connectivity index (χ1n) is 6.57. The second-order valence-electron chi connectivity index (χ2n) is 5.35. The summed E-state index contributed by atoms with van der Waals surface area (Å²) in [5, 5.41) is 3.22. The summed E-state index contributed by atoms with van der Waals surface area (Å²) < 4.78 is 4.61. The van der Waals surface area contributed by atoms with Crippen LogP contribution in [0.4, 0.5) is 0 Å². The van der Waals surface area contributed by atoms with Gasteiger partial charge in [-0.2, -0.15) is 0 Å². The van der Waals surface area contributed by atoms with E-state index in [1.165, 1.54) is 45.6 Å². The summed E-state index contributed by atoms with van der Waals surface area (Å²) in [7, 11) is 1.44. The van der Waals surface area contributed by atoms with Crippen LogP contribution in [0.15, 0.2) is 0 Å². The highest BCUT2D eigenvalue weighted by molar-refractivity contribution is 5.71. The van der Waals surface area contributed by atoms with Gasteiger partial charge in [-0.15, -0.1) is 0 Å². The highest BCUT2D eigenvalue weighted by atomic mass is 16.5. The molecule has 2 saturated carbocycles. The Hall–Kier alpha value is -0.570. The molecule has 0 saturated heterocycles. The lowest BCUT2D eigenvalue weighted by molar-refractivity contribution is -0.139. The second-order valence-corrected chi connectivity index (χ2v) is 5.35. The van der Waals surface area contributed by atoms with Crippen LogP contribution in [0.5, 0.6) is 0 Å². The SMILES string of the molecule is COC(=O)CNCC1CCCCC2CC2C1. The molecular formula is C13H23NO2. The first kappa shape index (κ1) is 11.9. The van der Waals surface area contributed by atoms with E-state index in [-0.39, 0.29) is 5.97 Å². The molecule has 16 heavy (non-hydrogen) atoms. The molecule has 0 aromatic heterocycles. The average molecular weight is 225 g/mol. The summed E-state index contributed by atoms with van der Waals surface area (Å²) in [6, 6.07) is 0. The van der Waals surface area contributed by atoms with Gasteiger partial charge in [0.25, 0.3) is 0 Å². The number of carbonyl (C=O) groups is 1. The zero-order valence-electron chi connectivity index (χ0n) is 10.2. The molecule has 0 radical (unpaired) electrons. The van der Waals surface area contributed by atoms with Crippen molar-refractivity contribution < 1.29 is 9.53 Å². The summed E-state index contributed by atoms with van der Waals surface area (Å²) in [6.07, 6.45) is 8.42. The quantitative estimate of drug-likeness (QED) is 0.743. The van der Waals surface area contributed by atoms with Gasteiger partial charge in [-0.1, -0.05) is 19.3 Å². The molecular weight excluding hydrogens is 202 g/mol. The van der Waals surface area contributed by atoms with Gasteiger partial charge in [0.1, 0.15) is 0 Å². The van der Waals surface area contributed by atoms with Crippen LogP contribution in [0.2, 0.25) is 0 Å². The zero-order chi connectivity index (χ0) is 11.4. The van der Waals surface area contributed by atoms with Crippen molar-refractivity contribution in [1.29, 1.82) is 0 Å². The molecule has 0 heterocycles. The monoisotopic (exact) mass is 225 g/mol. The summed E-state index contributed by atoms with van der Waals surface area (Å²) in [4.78, 5) is 11.0. The number of methoxy groups -OCH3 is 1. The molecule has 3 atom stereocenters. The highest BCUT2D eigenvalue weighted by Gasteiger charge is 2.38. The molecule has 3 unspecified atom stereocenters. The van der Waals surface area contributed by atoms with Crippen LogP contribution in [-0.2, 0) is 9.53 Å². The fourth-order valence-corrected chi connectivity index (χ4v) is 2.97. The van der Waals surface area contributed by atoms with E-state index in [9.17, 15) is 4.79 Å². The van der Waals surface area contributed by atoms with Crippen LogP contribution >= 0.6 is 0 Å². The summed E-state index contributed by atoms with van der Waals surface area (Å²) >= 11 is 0. The minimum absolute atomic E-state index is 0.157. The van der Waals surface area contributed by atoms with E-state index in [1.54, 1.807) is 0 Å². The largest absolute Gasteiger partial charge is 0.468 e. The van der Waals surface area contributed by atoms with Crippen molar-refractivity contribution >= 4 is 5.97 Å². The van der Waals surface area contributed by atoms with Gasteiger partial charge in [0, 0.05) is 0 Å². The third kappa shape index (κ3) is 3.48. The predicted octanol–water partition coefficient (Wildman–Crippen LogP) is 1.97. The van der Waals surface area contributed by atoms with Crippen molar-refractivity contribution in [2.75, 3.05) is 20.2 Å². The lowest BCUT2D eigenvalue weighted by Crippen LogP contribution is -2.29. The van der Waals surface area contributed by atoms with E-state index in [4.69, 9.17) is 0 Å². The van der Waals surface area contributed by atoms with Crippen molar-refractivity contribution in [2.24, 2.45) is 17.8 Å². The van der Waals surface area contributed by atoms with Crippen LogP contribution in [0.3, 0.4) is 0 Å². The number of hydrogen-bond acceptors (Lipinski definition) is 3. The Labute approximate surface area is 97.9 Å². The van der Waals surface area contributed by atoms with Gasteiger partial charge in [-0.3, -0.25) is 4.79 Å². The van der Waals surface area contributed by atoms with Crippen LogP contribution in [0.1, 0.15) is 38.5 Å². The predicted molar refractivity (Wildman–Crippen MR) is 63.1 cm³/mol. The lowest BCUT2D eigenvalue weighted by Gasteiger charge is -2.19. The van der Waals surface area contributed by atoms with Gasteiger partial charge < -0.3 is 10.1 Å². The fourth-order valence-electron chi connectivity index (χ4n) is 2.97. The topological polar surface area (TPSA) is 38.3 Å². The molecule has 3 nitrogen and oxygen atoms in total. The minimum Gasteiger partial charge on any atom is -0.468 e. The third-order valence-electron chi connectivity index (χ3n) is 4.07. The van der Waals surface area contributed by atoms with Crippen LogP contribution in [-0.4, -0.2) is 26.2 Å². The number of esters is 1. The van der Waals surface area contributed by atoms with Crippen LogP contribution < -0.4 is 5.32 Å². The van der Waals surface area contributed by atoms with Crippen molar-refractivity contribution in [2.45, 2.75) is 38.5 Å². The van der Waals surface area contributed by atoms with Gasteiger partial charge in [-0.05, 0) is 43.6 Å². The Morgan fingerprint density at radius 3 is 2.88 bits per heavy atom. The Morgan fingerprint density at radius 1 is 1.25 bits per heavy atom. The van der Waals surface area contributed by atoms with Gasteiger partial charge in [0.2, 0.25) is 0 Å².